The summed E-state index contributed by atoms with van der Waals surface area (Å²) < 4.78 is 6.57. The van der Waals surface area contributed by atoms with Gasteiger partial charge in [0.25, 0.3) is 0 Å². The maximum Gasteiger partial charge on any atom is 0.311 e. The first-order chi connectivity index (χ1) is 8.60. The molecule has 0 N–H and O–H groups in total. The summed E-state index contributed by atoms with van der Waals surface area (Å²) in [4.78, 5) is 10.4. The highest BCUT2D eigenvalue weighted by molar-refractivity contribution is 5.48. The molecule has 0 aliphatic rings. The zero-order valence-corrected chi connectivity index (χ0v) is 10.0. The molecule has 0 atom stereocenters. The molecule has 7 nitrogen and oxygen atoms in total. The number of ether oxygens (including phenoxy) is 1. The van der Waals surface area contributed by atoms with E-state index in [1.807, 2.05) is 6.92 Å². The maximum absolute atomic E-state index is 10.9. The van der Waals surface area contributed by atoms with Gasteiger partial charge in [0.15, 0.2) is 5.75 Å². The molecule has 0 bridgehead atoms. The van der Waals surface area contributed by atoms with Gasteiger partial charge in [0.1, 0.15) is 0 Å². The standard InChI is InChI=1S/C11H12N4O3/c1-8-6-14(13-12-8)7-9-3-4-11(18-2)10(5-9)15(16)17/h3-6H,7H2,1-2H3. The quantitative estimate of drug-likeness (QED) is 0.605. The van der Waals surface area contributed by atoms with Crippen LogP contribution in [-0.4, -0.2) is 27.0 Å². The minimum absolute atomic E-state index is 0.0492. The normalized spacial score (nSPS) is 10.3. The van der Waals surface area contributed by atoms with Crippen molar-refractivity contribution in [3.8, 4) is 5.75 Å². The van der Waals surface area contributed by atoms with Crippen molar-refractivity contribution in [3.05, 3.63) is 45.8 Å². The second-order valence-corrected chi connectivity index (χ2v) is 3.82. The summed E-state index contributed by atoms with van der Waals surface area (Å²) in [6.45, 7) is 2.27. The van der Waals surface area contributed by atoms with E-state index >= 15 is 0 Å². The number of aromatic nitrogens is 3. The average molecular weight is 248 g/mol. The third kappa shape index (κ3) is 2.45. The highest BCUT2D eigenvalue weighted by atomic mass is 16.6. The first-order valence-corrected chi connectivity index (χ1v) is 5.28. The van der Waals surface area contributed by atoms with Gasteiger partial charge in [-0.25, -0.2) is 4.68 Å². The number of aryl methyl sites for hydroxylation is 1. The number of benzene rings is 1. The zero-order valence-electron chi connectivity index (χ0n) is 10.0. The van der Waals surface area contributed by atoms with E-state index in [1.165, 1.54) is 13.2 Å². The van der Waals surface area contributed by atoms with Gasteiger partial charge in [0.05, 0.1) is 24.3 Å². The fourth-order valence-electron chi connectivity index (χ4n) is 1.64. The Morgan fingerprint density at radius 2 is 2.28 bits per heavy atom. The van der Waals surface area contributed by atoms with Crippen LogP contribution in [0.25, 0.3) is 0 Å². The predicted molar refractivity (Wildman–Crippen MR) is 63.5 cm³/mol. The SMILES string of the molecule is COc1ccc(Cn2cc(C)nn2)cc1[N+](=O)[O-]. The lowest BCUT2D eigenvalue weighted by Gasteiger charge is -2.04. The van der Waals surface area contributed by atoms with Gasteiger partial charge in [-0.1, -0.05) is 11.3 Å². The molecular weight excluding hydrogens is 236 g/mol. The van der Waals surface area contributed by atoms with Crippen molar-refractivity contribution >= 4 is 5.69 Å². The highest BCUT2D eigenvalue weighted by Crippen LogP contribution is 2.27. The van der Waals surface area contributed by atoms with E-state index < -0.39 is 4.92 Å². The average Bonchev–Trinajstić information content (AvgIpc) is 2.74. The number of rotatable bonds is 4. The first kappa shape index (κ1) is 12.0. The molecule has 0 unspecified atom stereocenters. The van der Waals surface area contributed by atoms with Crippen LogP contribution in [0.1, 0.15) is 11.3 Å². The molecular formula is C11H12N4O3. The summed E-state index contributed by atoms with van der Waals surface area (Å²) in [5, 5.41) is 18.6. The third-order valence-electron chi connectivity index (χ3n) is 2.44. The summed E-state index contributed by atoms with van der Waals surface area (Å²) in [6, 6.07) is 4.83. The Bertz CT molecular complexity index is 579. The van der Waals surface area contributed by atoms with Gasteiger partial charge in [0, 0.05) is 12.3 Å². The van der Waals surface area contributed by atoms with Gasteiger partial charge < -0.3 is 4.74 Å². The van der Waals surface area contributed by atoms with E-state index in [-0.39, 0.29) is 11.4 Å². The lowest BCUT2D eigenvalue weighted by molar-refractivity contribution is -0.385. The van der Waals surface area contributed by atoms with Crippen molar-refractivity contribution in [2.24, 2.45) is 0 Å². The molecule has 18 heavy (non-hydrogen) atoms. The van der Waals surface area contributed by atoms with E-state index in [9.17, 15) is 10.1 Å². The fraction of sp³-hybridized carbons (Fsp3) is 0.273. The van der Waals surface area contributed by atoms with E-state index in [0.717, 1.165) is 11.3 Å². The third-order valence-corrected chi connectivity index (χ3v) is 2.44. The molecule has 1 aromatic carbocycles. The molecule has 2 aromatic rings. The molecule has 1 heterocycles. The molecule has 0 radical (unpaired) electrons. The van der Waals surface area contributed by atoms with Crippen LogP contribution in [0.5, 0.6) is 5.75 Å². The summed E-state index contributed by atoms with van der Waals surface area (Å²) >= 11 is 0. The number of hydrogen-bond donors (Lipinski definition) is 0. The van der Waals surface area contributed by atoms with E-state index in [2.05, 4.69) is 10.3 Å². The molecule has 1 aromatic heterocycles. The molecule has 94 valence electrons. The molecule has 0 amide bonds. The molecule has 0 aliphatic heterocycles. The molecule has 0 saturated heterocycles. The summed E-state index contributed by atoms with van der Waals surface area (Å²) in [5.74, 6) is 0.249. The first-order valence-electron chi connectivity index (χ1n) is 5.28. The van der Waals surface area contributed by atoms with E-state index in [1.54, 1.807) is 23.0 Å². The number of nitrogens with zero attached hydrogens (tertiary/aromatic N) is 4. The molecule has 2 rings (SSSR count). The van der Waals surface area contributed by atoms with Crippen LogP contribution in [0.4, 0.5) is 5.69 Å². The van der Waals surface area contributed by atoms with Gasteiger partial charge >= 0.3 is 5.69 Å². The summed E-state index contributed by atoms with van der Waals surface area (Å²) in [6.07, 6.45) is 1.77. The van der Waals surface area contributed by atoms with Crippen molar-refractivity contribution in [1.29, 1.82) is 0 Å². The van der Waals surface area contributed by atoms with Crippen LogP contribution in [-0.2, 0) is 6.54 Å². The van der Waals surface area contributed by atoms with Crippen LogP contribution >= 0.6 is 0 Å². The second kappa shape index (κ2) is 4.82. The summed E-state index contributed by atoms with van der Waals surface area (Å²) in [5.41, 5.74) is 1.53. The monoisotopic (exact) mass is 248 g/mol. The van der Waals surface area contributed by atoms with Crippen molar-refractivity contribution in [1.82, 2.24) is 15.0 Å². The Balaban J connectivity index is 2.29. The van der Waals surface area contributed by atoms with Crippen LogP contribution in [0.2, 0.25) is 0 Å². The molecule has 0 spiro atoms. The smallest absolute Gasteiger partial charge is 0.311 e. The fourth-order valence-corrected chi connectivity index (χ4v) is 1.64. The number of hydrogen-bond acceptors (Lipinski definition) is 5. The van der Waals surface area contributed by atoms with Gasteiger partial charge in [-0.3, -0.25) is 10.1 Å². The zero-order chi connectivity index (χ0) is 13.1. The van der Waals surface area contributed by atoms with Crippen LogP contribution in [0.15, 0.2) is 24.4 Å². The Morgan fingerprint density at radius 3 is 2.83 bits per heavy atom. The van der Waals surface area contributed by atoms with E-state index in [4.69, 9.17) is 4.74 Å². The Labute approximate surface area is 103 Å². The Hall–Kier alpha value is -2.44. The van der Waals surface area contributed by atoms with Gasteiger partial charge in [-0.15, -0.1) is 5.10 Å². The minimum Gasteiger partial charge on any atom is -0.490 e. The van der Waals surface area contributed by atoms with Gasteiger partial charge in [-0.05, 0) is 18.6 Å². The maximum atomic E-state index is 10.9. The Morgan fingerprint density at radius 1 is 1.50 bits per heavy atom. The Kier molecular flexibility index (Phi) is 3.22. The van der Waals surface area contributed by atoms with Crippen LogP contribution in [0, 0.1) is 17.0 Å². The minimum atomic E-state index is -0.463. The molecule has 7 heteroatoms. The molecule has 0 saturated carbocycles. The van der Waals surface area contributed by atoms with Crippen LogP contribution in [0.3, 0.4) is 0 Å². The lowest BCUT2D eigenvalue weighted by atomic mass is 10.2. The topological polar surface area (TPSA) is 83.1 Å². The van der Waals surface area contributed by atoms with E-state index in [0.29, 0.717) is 6.54 Å². The van der Waals surface area contributed by atoms with Gasteiger partial charge in [-0.2, -0.15) is 0 Å². The molecule has 0 fully saturated rings. The number of methoxy groups -OCH3 is 1. The van der Waals surface area contributed by atoms with Crippen molar-refractivity contribution in [2.75, 3.05) is 7.11 Å². The second-order valence-electron chi connectivity index (χ2n) is 3.82. The molecule has 0 aliphatic carbocycles. The highest BCUT2D eigenvalue weighted by Gasteiger charge is 2.15. The van der Waals surface area contributed by atoms with Crippen LogP contribution < -0.4 is 4.74 Å². The number of nitro benzene ring substituents is 1. The van der Waals surface area contributed by atoms with Crippen molar-refractivity contribution < 1.29 is 9.66 Å². The van der Waals surface area contributed by atoms with Crippen molar-refractivity contribution in [3.63, 3.8) is 0 Å². The largest absolute Gasteiger partial charge is 0.490 e. The summed E-state index contributed by atoms with van der Waals surface area (Å²) in [7, 11) is 1.41. The lowest BCUT2D eigenvalue weighted by Crippen LogP contribution is -2.02. The predicted octanol–water partition coefficient (Wildman–Crippen LogP) is 1.55. The number of nitro groups is 1. The van der Waals surface area contributed by atoms with Gasteiger partial charge in [0.2, 0.25) is 0 Å². The van der Waals surface area contributed by atoms with Crippen molar-refractivity contribution in [2.45, 2.75) is 13.5 Å².